The van der Waals surface area contributed by atoms with Gasteiger partial charge in [0.2, 0.25) is 0 Å². The number of fused-ring (bicyclic) bond motifs is 5. The predicted molar refractivity (Wildman–Crippen MR) is 112 cm³/mol. The summed E-state index contributed by atoms with van der Waals surface area (Å²) in [5.74, 6) is 3.06. The summed E-state index contributed by atoms with van der Waals surface area (Å²) < 4.78 is 6.11. The van der Waals surface area contributed by atoms with E-state index in [0.717, 1.165) is 43.9 Å². The second-order valence-corrected chi connectivity index (χ2v) is 10.8. The molecule has 4 aliphatic rings. The molecule has 0 saturated heterocycles. The fourth-order valence-corrected chi connectivity index (χ4v) is 7.96. The van der Waals surface area contributed by atoms with E-state index in [1.165, 1.54) is 25.7 Å². The van der Waals surface area contributed by atoms with Gasteiger partial charge in [-0.05, 0) is 86.2 Å². The molecule has 0 radical (unpaired) electrons. The molecule has 0 bridgehead atoms. The van der Waals surface area contributed by atoms with E-state index in [1.807, 2.05) is 30.3 Å². The standard InChI is InChI=1S/C26H34O3/c1-25-14-12-19(27)16-18(25)8-9-20-21-10-11-23(26(21,2)15-13-22(20)25)29-24(28)17-6-4-3-5-7-17/h3-7,18,20-23H,8-16H2,1-2H3/t18-,20-,21+,22+,23-,25-,26+/m0/s1. The van der Waals surface area contributed by atoms with Gasteiger partial charge in [0.25, 0.3) is 0 Å². The van der Waals surface area contributed by atoms with Crippen molar-refractivity contribution >= 4 is 11.8 Å². The summed E-state index contributed by atoms with van der Waals surface area (Å²) in [6.45, 7) is 4.88. The average molecular weight is 395 g/mol. The zero-order valence-corrected chi connectivity index (χ0v) is 17.9. The molecule has 4 aliphatic carbocycles. The van der Waals surface area contributed by atoms with Gasteiger partial charge in [-0.25, -0.2) is 4.79 Å². The smallest absolute Gasteiger partial charge is 0.338 e. The molecule has 0 aromatic heterocycles. The lowest BCUT2D eigenvalue weighted by atomic mass is 9.45. The maximum absolute atomic E-state index is 12.7. The molecule has 156 valence electrons. The molecule has 1 aromatic rings. The summed E-state index contributed by atoms with van der Waals surface area (Å²) in [7, 11) is 0. The normalized spacial score (nSPS) is 43.8. The third kappa shape index (κ3) is 2.99. The van der Waals surface area contributed by atoms with Crippen molar-refractivity contribution in [1.29, 1.82) is 0 Å². The Morgan fingerprint density at radius 3 is 2.48 bits per heavy atom. The van der Waals surface area contributed by atoms with Crippen molar-refractivity contribution in [3.63, 3.8) is 0 Å². The molecular formula is C26H34O3. The van der Waals surface area contributed by atoms with Gasteiger partial charge in [0, 0.05) is 18.3 Å². The SMILES string of the molecule is C[C@]12CCC(=O)C[C@@H]1CC[C@@H]1[C@H]2CC[C@@]2(C)[C@@H](OC(=O)c3ccccc3)CC[C@H]12. The van der Waals surface area contributed by atoms with Crippen LogP contribution >= 0.6 is 0 Å². The molecule has 29 heavy (non-hydrogen) atoms. The highest BCUT2D eigenvalue weighted by atomic mass is 16.5. The second kappa shape index (κ2) is 6.96. The molecule has 1 aromatic carbocycles. The zero-order valence-electron chi connectivity index (χ0n) is 17.9. The first-order valence-electron chi connectivity index (χ1n) is 11.7. The van der Waals surface area contributed by atoms with Crippen molar-refractivity contribution in [3.05, 3.63) is 35.9 Å². The van der Waals surface area contributed by atoms with Crippen LogP contribution in [0.5, 0.6) is 0 Å². The zero-order chi connectivity index (χ0) is 20.2. The van der Waals surface area contributed by atoms with Gasteiger partial charge in [-0.1, -0.05) is 32.0 Å². The minimum absolute atomic E-state index is 0.0413. The first-order valence-corrected chi connectivity index (χ1v) is 11.7. The molecule has 3 heteroatoms. The number of hydrogen-bond donors (Lipinski definition) is 0. The van der Waals surface area contributed by atoms with E-state index in [4.69, 9.17) is 4.74 Å². The fourth-order valence-electron chi connectivity index (χ4n) is 7.96. The van der Waals surface area contributed by atoms with Crippen LogP contribution < -0.4 is 0 Å². The lowest BCUT2D eigenvalue weighted by Crippen LogP contribution is -2.54. The van der Waals surface area contributed by atoms with Crippen molar-refractivity contribution < 1.29 is 14.3 Å². The number of ether oxygens (including phenoxy) is 1. The van der Waals surface area contributed by atoms with E-state index < -0.39 is 0 Å². The quantitative estimate of drug-likeness (QED) is 0.593. The van der Waals surface area contributed by atoms with E-state index >= 15 is 0 Å². The third-order valence-electron chi connectivity index (χ3n) is 9.65. The van der Waals surface area contributed by atoms with Crippen molar-refractivity contribution in [2.24, 2.45) is 34.5 Å². The highest BCUT2D eigenvalue weighted by molar-refractivity contribution is 5.89. The third-order valence-corrected chi connectivity index (χ3v) is 9.65. The van der Waals surface area contributed by atoms with Crippen molar-refractivity contribution in [2.75, 3.05) is 0 Å². The summed E-state index contributed by atoms with van der Waals surface area (Å²) in [6.07, 6.45) is 9.79. The van der Waals surface area contributed by atoms with E-state index in [0.29, 0.717) is 28.6 Å². The summed E-state index contributed by atoms with van der Waals surface area (Å²) in [6, 6.07) is 9.42. The van der Waals surface area contributed by atoms with Crippen LogP contribution in [0, 0.1) is 34.5 Å². The van der Waals surface area contributed by atoms with Crippen molar-refractivity contribution in [1.82, 2.24) is 0 Å². The average Bonchev–Trinajstić information content (AvgIpc) is 3.05. The summed E-state index contributed by atoms with van der Waals surface area (Å²) >= 11 is 0. The Kier molecular flexibility index (Phi) is 4.64. The van der Waals surface area contributed by atoms with Crippen LogP contribution in [0.1, 0.15) is 82.0 Å². The van der Waals surface area contributed by atoms with E-state index in [-0.39, 0.29) is 17.5 Å². The number of benzene rings is 1. The molecule has 4 saturated carbocycles. The van der Waals surface area contributed by atoms with Crippen molar-refractivity contribution in [2.45, 2.75) is 77.7 Å². The fraction of sp³-hybridized carbons (Fsp3) is 0.692. The highest BCUT2D eigenvalue weighted by Crippen LogP contribution is 2.66. The first-order chi connectivity index (χ1) is 13.9. The highest BCUT2D eigenvalue weighted by Gasteiger charge is 2.61. The lowest BCUT2D eigenvalue weighted by Gasteiger charge is -2.60. The Morgan fingerprint density at radius 2 is 1.69 bits per heavy atom. The van der Waals surface area contributed by atoms with Crippen LogP contribution in [0.25, 0.3) is 0 Å². The van der Waals surface area contributed by atoms with E-state index in [2.05, 4.69) is 13.8 Å². The number of ketones is 1. The minimum Gasteiger partial charge on any atom is -0.458 e. The lowest BCUT2D eigenvalue weighted by molar-refractivity contribution is -0.142. The number of carbonyl (C=O) groups is 2. The van der Waals surface area contributed by atoms with Gasteiger partial charge in [-0.3, -0.25) is 4.79 Å². The van der Waals surface area contributed by atoms with Gasteiger partial charge in [0.05, 0.1) is 5.56 Å². The Morgan fingerprint density at radius 1 is 0.931 bits per heavy atom. The molecule has 3 nitrogen and oxygen atoms in total. The van der Waals surface area contributed by atoms with Crippen LogP contribution in [-0.4, -0.2) is 17.9 Å². The van der Waals surface area contributed by atoms with Gasteiger partial charge in [-0.15, -0.1) is 0 Å². The van der Waals surface area contributed by atoms with Crippen molar-refractivity contribution in [3.8, 4) is 0 Å². The molecule has 0 unspecified atom stereocenters. The molecule has 5 rings (SSSR count). The molecule has 7 atom stereocenters. The predicted octanol–water partition coefficient (Wildman–Crippen LogP) is 5.82. The Labute approximate surface area is 174 Å². The monoisotopic (exact) mass is 394 g/mol. The van der Waals surface area contributed by atoms with Gasteiger partial charge in [0.15, 0.2) is 0 Å². The largest absolute Gasteiger partial charge is 0.458 e. The maximum atomic E-state index is 12.7. The van der Waals surface area contributed by atoms with Crippen LogP contribution in [0.2, 0.25) is 0 Å². The molecule has 0 aliphatic heterocycles. The number of Topliss-reactive ketones (excluding diaryl/α,β-unsaturated/α-hetero) is 1. The molecule has 0 spiro atoms. The van der Waals surface area contributed by atoms with Crippen LogP contribution in [0.4, 0.5) is 0 Å². The van der Waals surface area contributed by atoms with E-state index in [9.17, 15) is 9.59 Å². The number of esters is 1. The maximum Gasteiger partial charge on any atom is 0.338 e. The Balaban J connectivity index is 1.34. The second-order valence-electron chi connectivity index (χ2n) is 10.8. The van der Waals surface area contributed by atoms with Gasteiger partial charge in [0.1, 0.15) is 11.9 Å². The number of rotatable bonds is 2. The Hall–Kier alpha value is -1.64. The molecule has 0 amide bonds. The van der Waals surface area contributed by atoms with Crippen LogP contribution in [0.15, 0.2) is 30.3 Å². The summed E-state index contributed by atoms with van der Waals surface area (Å²) in [5.41, 5.74) is 1.11. The molecular weight excluding hydrogens is 360 g/mol. The van der Waals surface area contributed by atoms with E-state index in [1.54, 1.807) is 0 Å². The summed E-state index contributed by atoms with van der Waals surface area (Å²) in [5, 5.41) is 0. The van der Waals surface area contributed by atoms with Crippen LogP contribution in [0.3, 0.4) is 0 Å². The Bertz CT molecular complexity index is 801. The van der Waals surface area contributed by atoms with Crippen LogP contribution in [-0.2, 0) is 9.53 Å². The number of carbonyl (C=O) groups excluding carboxylic acids is 2. The number of hydrogen-bond acceptors (Lipinski definition) is 3. The first kappa shape index (κ1) is 19.3. The molecule has 0 heterocycles. The van der Waals surface area contributed by atoms with Gasteiger partial charge >= 0.3 is 5.97 Å². The molecule has 0 N–H and O–H groups in total. The molecule has 4 fully saturated rings. The minimum atomic E-state index is -0.166. The summed E-state index contributed by atoms with van der Waals surface area (Å²) in [4.78, 5) is 24.8. The van der Waals surface area contributed by atoms with Gasteiger partial charge in [-0.2, -0.15) is 0 Å². The topological polar surface area (TPSA) is 43.4 Å². The van der Waals surface area contributed by atoms with Gasteiger partial charge < -0.3 is 4.74 Å².